The van der Waals surface area contributed by atoms with Gasteiger partial charge < -0.3 is 5.73 Å². The maximum Gasteiger partial charge on any atom is 0.166 e. The molecule has 60 valence electrons. The zero-order valence-corrected chi connectivity index (χ0v) is 5.89. The van der Waals surface area contributed by atoms with Gasteiger partial charge in [-0.2, -0.15) is 0 Å². The largest absolute Gasteiger partial charge is 0.397 e. The summed E-state index contributed by atoms with van der Waals surface area (Å²) in [5.41, 5.74) is 6.78. The summed E-state index contributed by atoms with van der Waals surface area (Å²) in [6.45, 7) is 0. The second-order valence-corrected chi connectivity index (χ2v) is 2.23. The van der Waals surface area contributed by atoms with Crippen molar-refractivity contribution in [2.75, 3.05) is 5.73 Å². The average molecular weight is 164 g/mol. The van der Waals surface area contributed by atoms with Crippen LogP contribution in [0.1, 0.15) is 0 Å². The summed E-state index contributed by atoms with van der Waals surface area (Å²) in [5, 5.41) is 9.75. The minimum atomic E-state index is 0.181. The molecule has 2 aromatic rings. The molecular formula is C6H4N4O2. The molecule has 12 heavy (non-hydrogen) atoms. The van der Waals surface area contributed by atoms with Crippen LogP contribution in [0.4, 0.5) is 11.4 Å². The van der Waals surface area contributed by atoms with Crippen LogP contribution in [0.5, 0.6) is 0 Å². The predicted molar refractivity (Wildman–Crippen MR) is 41.7 cm³/mol. The van der Waals surface area contributed by atoms with E-state index in [2.05, 4.69) is 20.1 Å². The third-order valence-electron chi connectivity index (χ3n) is 1.52. The maximum atomic E-state index is 10.2. The van der Waals surface area contributed by atoms with Crippen molar-refractivity contribution in [3.63, 3.8) is 0 Å². The van der Waals surface area contributed by atoms with Crippen molar-refractivity contribution in [1.82, 2.24) is 10.3 Å². The highest BCUT2D eigenvalue weighted by atomic mass is 16.6. The number of hydrogen-bond donors (Lipinski definition) is 1. The zero-order chi connectivity index (χ0) is 8.55. The summed E-state index contributed by atoms with van der Waals surface area (Å²) in [6, 6.07) is 3.00. The van der Waals surface area contributed by atoms with Crippen LogP contribution < -0.4 is 5.73 Å². The molecule has 0 saturated heterocycles. The highest BCUT2D eigenvalue weighted by Gasteiger charge is 2.09. The van der Waals surface area contributed by atoms with Crippen molar-refractivity contribution in [1.29, 1.82) is 0 Å². The molecule has 0 aliphatic carbocycles. The Morgan fingerprint density at radius 2 is 2.08 bits per heavy atom. The SMILES string of the molecule is Nc1ccc(N=O)c2nonc12. The minimum Gasteiger partial charge on any atom is -0.397 e. The monoisotopic (exact) mass is 164 g/mol. The number of anilines is 1. The van der Waals surface area contributed by atoms with Crippen LogP contribution in [-0.2, 0) is 0 Å². The van der Waals surface area contributed by atoms with E-state index in [1.807, 2.05) is 0 Å². The van der Waals surface area contributed by atoms with Gasteiger partial charge in [0, 0.05) is 0 Å². The highest BCUT2D eigenvalue weighted by Crippen LogP contribution is 2.26. The molecule has 6 nitrogen and oxygen atoms in total. The van der Waals surface area contributed by atoms with Gasteiger partial charge in [-0.1, -0.05) is 0 Å². The number of aromatic nitrogens is 2. The summed E-state index contributed by atoms with van der Waals surface area (Å²) in [6.07, 6.45) is 0. The van der Waals surface area contributed by atoms with Gasteiger partial charge in [-0.25, -0.2) is 4.63 Å². The lowest BCUT2D eigenvalue weighted by Crippen LogP contribution is -1.85. The summed E-state index contributed by atoms with van der Waals surface area (Å²) >= 11 is 0. The Labute approximate surface area is 66.3 Å². The van der Waals surface area contributed by atoms with Gasteiger partial charge in [-0.15, -0.1) is 4.91 Å². The van der Waals surface area contributed by atoms with E-state index in [0.29, 0.717) is 16.7 Å². The van der Waals surface area contributed by atoms with Crippen LogP contribution in [0.2, 0.25) is 0 Å². The first-order valence-electron chi connectivity index (χ1n) is 3.17. The van der Waals surface area contributed by atoms with Gasteiger partial charge in [0.25, 0.3) is 0 Å². The lowest BCUT2D eigenvalue weighted by atomic mass is 10.2. The quantitative estimate of drug-likeness (QED) is 0.504. The number of fused-ring (bicyclic) bond motifs is 1. The fourth-order valence-electron chi connectivity index (χ4n) is 0.946. The summed E-state index contributed by atoms with van der Waals surface area (Å²) in [5.74, 6) is 0. The Kier molecular flexibility index (Phi) is 1.26. The first-order valence-corrected chi connectivity index (χ1v) is 3.17. The maximum absolute atomic E-state index is 10.2. The topological polar surface area (TPSA) is 94.4 Å². The molecule has 0 aliphatic rings. The number of nitrogens with two attached hydrogens (primary N) is 1. The molecule has 1 heterocycles. The van der Waals surface area contributed by atoms with Crippen molar-refractivity contribution in [3.8, 4) is 0 Å². The van der Waals surface area contributed by atoms with Gasteiger partial charge in [0.2, 0.25) is 0 Å². The van der Waals surface area contributed by atoms with E-state index in [1.54, 1.807) is 0 Å². The van der Waals surface area contributed by atoms with Gasteiger partial charge in [-0.05, 0) is 27.6 Å². The molecule has 0 spiro atoms. The number of hydrogen-bond acceptors (Lipinski definition) is 6. The molecule has 0 amide bonds. The molecule has 0 atom stereocenters. The Balaban J connectivity index is 2.91. The van der Waals surface area contributed by atoms with E-state index in [4.69, 9.17) is 5.73 Å². The normalized spacial score (nSPS) is 10.3. The van der Waals surface area contributed by atoms with E-state index in [1.165, 1.54) is 12.1 Å². The molecule has 0 aliphatic heterocycles. The van der Waals surface area contributed by atoms with Crippen LogP contribution in [-0.4, -0.2) is 10.3 Å². The van der Waals surface area contributed by atoms with Gasteiger partial charge in [-0.3, -0.25) is 0 Å². The van der Waals surface area contributed by atoms with Crippen LogP contribution in [0.25, 0.3) is 11.0 Å². The van der Waals surface area contributed by atoms with E-state index in [0.717, 1.165) is 0 Å². The second kappa shape index (κ2) is 2.26. The Bertz CT molecular complexity index is 436. The van der Waals surface area contributed by atoms with Gasteiger partial charge in [0.05, 0.1) is 5.69 Å². The van der Waals surface area contributed by atoms with Crippen LogP contribution in [0, 0.1) is 4.91 Å². The number of benzene rings is 1. The molecule has 1 aromatic heterocycles. The number of nitrogen functional groups attached to an aromatic ring is 1. The van der Waals surface area contributed by atoms with E-state index < -0.39 is 0 Å². The number of rotatable bonds is 1. The van der Waals surface area contributed by atoms with Crippen molar-refractivity contribution in [3.05, 3.63) is 17.0 Å². The van der Waals surface area contributed by atoms with Crippen LogP contribution in [0.15, 0.2) is 21.9 Å². The molecule has 0 saturated carbocycles. The molecule has 0 unspecified atom stereocenters. The van der Waals surface area contributed by atoms with E-state index >= 15 is 0 Å². The third kappa shape index (κ3) is 0.746. The van der Waals surface area contributed by atoms with E-state index in [9.17, 15) is 4.91 Å². The third-order valence-corrected chi connectivity index (χ3v) is 1.52. The molecular weight excluding hydrogens is 160 g/mol. The van der Waals surface area contributed by atoms with Crippen LogP contribution >= 0.6 is 0 Å². The van der Waals surface area contributed by atoms with Crippen molar-refractivity contribution in [2.45, 2.75) is 0 Å². The van der Waals surface area contributed by atoms with Crippen molar-refractivity contribution < 1.29 is 4.63 Å². The first kappa shape index (κ1) is 6.71. The molecule has 2 N–H and O–H groups in total. The lowest BCUT2D eigenvalue weighted by molar-refractivity contribution is 0.315. The molecule has 6 heteroatoms. The Morgan fingerprint density at radius 3 is 2.83 bits per heavy atom. The first-order chi connectivity index (χ1) is 5.83. The fraction of sp³-hybridized carbons (Fsp3) is 0. The Hall–Kier alpha value is -1.98. The summed E-state index contributed by atoms with van der Waals surface area (Å²) < 4.78 is 4.41. The average Bonchev–Trinajstić information content (AvgIpc) is 2.54. The van der Waals surface area contributed by atoms with Crippen molar-refractivity contribution in [2.24, 2.45) is 5.18 Å². The minimum absolute atomic E-state index is 0.181. The summed E-state index contributed by atoms with van der Waals surface area (Å²) in [4.78, 5) is 10.2. The van der Waals surface area contributed by atoms with Crippen molar-refractivity contribution >= 4 is 22.4 Å². The van der Waals surface area contributed by atoms with Gasteiger partial charge in [0.1, 0.15) is 5.69 Å². The smallest absolute Gasteiger partial charge is 0.166 e. The standard InChI is InChI=1S/C6H4N4O2/c7-3-1-2-4(8-11)6-5(3)9-12-10-6/h1-2H,7H2. The number of nitroso groups, excluding NO2 is 1. The van der Waals surface area contributed by atoms with Gasteiger partial charge >= 0.3 is 0 Å². The molecule has 0 radical (unpaired) electrons. The second-order valence-electron chi connectivity index (χ2n) is 2.23. The number of nitrogens with zero attached hydrogens (tertiary/aromatic N) is 3. The predicted octanol–water partition coefficient (Wildman–Crippen LogP) is 1.20. The molecule has 1 aromatic carbocycles. The lowest BCUT2D eigenvalue weighted by Gasteiger charge is -1.91. The van der Waals surface area contributed by atoms with Gasteiger partial charge in [0.15, 0.2) is 11.0 Å². The zero-order valence-electron chi connectivity index (χ0n) is 5.89. The van der Waals surface area contributed by atoms with Crippen LogP contribution in [0.3, 0.4) is 0 Å². The molecule has 2 rings (SSSR count). The highest BCUT2D eigenvalue weighted by molar-refractivity contribution is 5.93. The summed E-state index contributed by atoms with van der Waals surface area (Å²) in [7, 11) is 0. The molecule has 0 fully saturated rings. The van der Waals surface area contributed by atoms with E-state index in [-0.39, 0.29) is 5.69 Å². The fourth-order valence-corrected chi connectivity index (χ4v) is 0.946. The Morgan fingerprint density at radius 1 is 1.33 bits per heavy atom. The molecule has 0 bridgehead atoms.